The number of guanidine groups is 1. The largest absolute Gasteiger partial charge is 0.326 e. The molecular weight excluding hydrogens is 234 g/mol. The second-order valence-corrected chi connectivity index (χ2v) is 4.82. The molecule has 2 aromatic rings. The van der Waals surface area contributed by atoms with Crippen LogP contribution in [0.1, 0.15) is 11.1 Å². The Kier molecular flexibility index (Phi) is 2.95. The predicted octanol–water partition coefficient (Wildman–Crippen LogP) is 3.40. The van der Waals surface area contributed by atoms with Crippen LogP contribution in [0.4, 0.5) is 11.4 Å². The van der Waals surface area contributed by atoms with Crippen LogP contribution in [0.3, 0.4) is 0 Å². The van der Waals surface area contributed by atoms with Gasteiger partial charge in [-0.1, -0.05) is 36.4 Å². The smallest absolute Gasteiger partial charge is 0.200 e. The summed E-state index contributed by atoms with van der Waals surface area (Å²) >= 11 is 0. The second kappa shape index (κ2) is 4.76. The zero-order chi connectivity index (χ0) is 13.2. The van der Waals surface area contributed by atoms with E-state index < -0.39 is 0 Å². The molecule has 0 atom stereocenters. The van der Waals surface area contributed by atoms with Crippen LogP contribution in [-0.2, 0) is 6.42 Å². The Labute approximate surface area is 113 Å². The van der Waals surface area contributed by atoms with E-state index in [-0.39, 0.29) is 0 Å². The Morgan fingerprint density at radius 2 is 1.84 bits per heavy atom. The van der Waals surface area contributed by atoms with Crippen LogP contribution in [0.5, 0.6) is 0 Å². The zero-order valence-corrected chi connectivity index (χ0v) is 11.0. The molecule has 2 N–H and O–H groups in total. The Morgan fingerprint density at radius 1 is 1.11 bits per heavy atom. The normalized spacial score (nSPS) is 13.2. The Morgan fingerprint density at radius 3 is 2.68 bits per heavy atom. The summed E-state index contributed by atoms with van der Waals surface area (Å²) < 4.78 is 0. The van der Waals surface area contributed by atoms with Crippen LogP contribution < -0.4 is 10.2 Å². The number of hydrogen-bond donors (Lipinski definition) is 2. The van der Waals surface area contributed by atoms with Gasteiger partial charge in [0.25, 0.3) is 0 Å². The van der Waals surface area contributed by atoms with Crippen molar-refractivity contribution in [2.45, 2.75) is 13.3 Å². The minimum absolute atomic E-state index is 0.444. The molecule has 0 radical (unpaired) electrons. The van der Waals surface area contributed by atoms with E-state index in [1.54, 1.807) is 0 Å². The maximum absolute atomic E-state index is 8.27. The minimum atomic E-state index is 0.444. The summed E-state index contributed by atoms with van der Waals surface area (Å²) in [7, 11) is 0. The number of aryl methyl sites for hydroxylation is 1. The van der Waals surface area contributed by atoms with E-state index in [9.17, 15) is 0 Å². The third kappa shape index (κ3) is 2.19. The first kappa shape index (κ1) is 11.8. The van der Waals surface area contributed by atoms with E-state index in [0.29, 0.717) is 5.96 Å². The quantitative estimate of drug-likeness (QED) is 0.602. The molecule has 0 unspecified atom stereocenters. The van der Waals surface area contributed by atoms with Gasteiger partial charge in [0.15, 0.2) is 5.96 Å². The van der Waals surface area contributed by atoms with Gasteiger partial charge in [-0.05, 0) is 36.6 Å². The first-order valence-corrected chi connectivity index (χ1v) is 6.52. The lowest BCUT2D eigenvalue weighted by Crippen LogP contribution is -2.34. The maximum atomic E-state index is 8.27. The summed E-state index contributed by atoms with van der Waals surface area (Å²) in [6.07, 6.45) is 1.01. The SMILES string of the molecule is Cc1ccccc1NC(=N)N1CCc2ccccc21. The highest BCUT2D eigenvalue weighted by Crippen LogP contribution is 2.28. The molecule has 1 aliphatic rings. The van der Waals surface area contributed by atoms with Crippen LogP contribution in [0.2, 0.25) is 0 Å². The summed E-state index contributed by atoms with van der Waals surface area (Å²) in [6, 6.07) is 16.3. The highest BCUT2D eigenvalue weighted by Gasteiger charge is 2.21. The molecule has 3 heteroatoms. The van der Waals surface area contributed by atoms with Gasteiger partial charge in [-0.25, -0.2) is 0 Å². The lowest BCUT2D eigenvalue weighted by Gasteiger charge is -2.21. The molecule has 19 heavy (non-hydrogen) atoms. The van der Waals surface area contributed by atoms with Crippen molar-refractivity contribution in [2.75, 3.05) is 16.8 Å². The predicted molar refractivity (Wildman–Crippen MR) is 80.0 cm³/mol. The first-order chi connectivity index (χ1) is 9.25. The molecule has 0 saturated heterocycles. The van der Waals surface area contributed by atoms with Crippen LogP contribution in [0, 0.1) is 12.3 Å². The van der Waals surface area contributed by atoms with Crippen LogP contribution in [0.25, 0.3) is 0 Å². The van der Waals surface area contributed by atoms with E-state index >= 15 is 0 Å². The van der Waals surface area contributed by atoms with Crippen molar-refractivity contribution in [3.8, 4) is 0 Å². The molecule has 3 nitrogen and oxygen atoms in total. The van der Waals surface area contributed by atoms with Crippen LogP contribution in [-0.4, -0.2) is 12.5 Å². The van der Waals surface area contributed by atoms with Gasteiger partial charge in [0.1, 0.15) is 0 Å². The molecule has 1 heterocycles. The number of para-hydroxylation sites is 2. The van der Waals surface area contributed by atoms with Crippen LogP contribution in [0.15, 0.2) is 48.5 Å². The summed E-state index contributed by atoms with van der Waals surface area (Å²) in [5.74, 6) is 0.444. The van der Waals surface area contributed by atoms with E-state index in [1.807, 2.05) is 42.2 Å². The summed E-state index contributed by atoms with van der Waals surface area (Å²) in [6.45, 7) is 2.92. The first-order valence-electron chi connectivity index (χ1n) is 6.52. The molecule has 0 amide bonds. The monoisotopic (exact) mass is 251 g/mol. The second-order valence-electron chi connectivity index (χ2n) is 4.82. The van der Waals surface area contributed by atoms with Gasteiger partial charge < -0.3 is 10.2 Å². The van der Waals surface area contributed by atoms with Crippen molar-refractivity contribution in [2.24, 2.45) is 0 Å². The standard InChI is InChI=1S/C16H17N3/c1-12-6-2-4-8-14(12)18-16(17)19-11-10-13-7-3-5-9-15(13)19/h2-9H,10-11H2,1H3,(H2,17,18). The van der Waals surface area contributed by atoms with E-state index in [2.05, 4.69) is 23.5 Å². The van der Waals surface area contributed by atoms with Crippen molar-refractivity contribution >= 4 is 17.3 Å². The molecular formula is C16H17N3. The highest BCUT2D eigenvalue weighted by molar-refractivity contribution is 6.05. The maximum Gasteiger partial charge on any atom is 0.200 e. The van der Waals surface area contributed by atoms with Gasteiger partial charge in [-0.3, -0.25) is 5.41 Å². The van der Waals surface area contributed by atoms with Crippen molar-refractivity contribution in [3.05, 3.63) is 59.7 Å². The number of fused-ring (bicyclic) bond motifs is 1. The topological polar surface area (TPSA) is 39.1 Å². The zero-order valence-electron chi connectivity index (χ0n) is 11.0. The number of benzene rings is 2. The van der Waals surface area contributed by atoms with Gasteiger partial charge in [0.05, 0.1) is 0 Å². The Hall–Kier alpha value is -2.29. The molecule has 0 aromatic heterocycles. The van der Waals surface area contributed by atoms with E-state index in [4.69, 9.17) is 5.41 Å². The summed E-state index contributed by atoms with van der Waals surface area (Å²) in [4.78, 5) is 2.03. The molecule has 0 spiro atoms. The van der Waals surface area contributed by atoms with Gasteiger partial charge in [-0.15, -0.1) is 0 Å². The number of nitrogens with zero attached hydrogens (tertiary/aromatic N) is 1. The van der Waals surface area contributed by atoms with Gasteiger partial charge in [0, 0.05) is 17.9 Å². The number of hydrogen-bond acceptors (Lipinski definition) is 1. The molecule has 0 aliphatic carbocycles. The molecule has 2 aromatic carbocycles. The molecule has 0 saturated carbocycles. The number of rotatable bonds is 1. The number of nitrogens with one attached hydrogen (secondary N) is 2. The fourth-order valence-electron chi connectivity index (χ4n) is 2.48. The fraction of sp³-hybridized carbons (Fsp3) is 0.188. The molecule has 0 fully saturated rings. The van der Waals surface area contributed by atoms with Crippen molar-refractivity contribution in [1.82, 2.24) is 0 Å². The number of anilines is 2. The lowest BCUT2D eigenvalue weighted by atomic mass is 10.2. The average molecular weight is 251 g/mol. The lowest BCUT2D eigenvalue weighted by molar-refractivity contribution is 1.01. The minimum Gasteiger partial charge on any atom is -0.326 e. The Balaban J connectivity index is 1.81. The summed E-state index contributed by atoms with van der Waals surface area (Å²) in [5, 5.41) is 11.5. The van der Waals surface area contributed by atoms with Gasteiger partial charge >= 0.3 is 0 Å². The van der Waals surface area contributed by atoms with Gasteiger partial charge in [0.2, 0.25) is 0 Å². The highest BCUT2D eigenvalue weighted by atomic mass is 15.3. The van der Waals surface area contributed by atoms with Crippen molar-refractivity contribution < 1.29 is 0 Å². The molecule has 1 aliphatic heterocycles. The average Bonchev–Trinajstić information content (AvgIpc) is 2.85. The fourth-order valence-corrected chi connectivity index (χ4v) is 2.48. The van der Waals surface area contributed by atoms with E-state index in [1.165, 1.54) is 5.56 Å². The Bertz CT molecular complexity index is 619. The summed E-state index contributed by atoms with van der Waals surface area (Å²) in [5.41, 5.74) is 4.61. The molecule has 0 bridgehead atoms. The third-order valence-corrected chi connectivity index (χ3v) is 3.56. The van der Waals surface area contributed by atoms with Crippen LogP contribution >= 0.6 is 0 Å². The molecule has 96 valence electrons. The van der Waals surface area contributed by atoms with Crippen molar-refractivity contribution in [3.63, 3.8) is 0 Å². The van der Waals surface area contributed by atoms with Gasteiger partial charge in [-0.2, -0.15) is 0 Å². The van der Waals surface area contributed by atoms with E-state index in [0.717, 1.165) is 29.9 Å². The molecule has 3 rings (SSSR count). The van der Waals surface area contributed by atoms with Crippen molar-refractivity contribution in [1.29, 1.82) is 5.41 Å². The third-order valence-electron chi connectivity index (χ3n) is 3.56.